The Morgan fingerprint density at radius 2 is 2.10 bits per heavy atom. The van der Waals surface area contributed by atoms with E-state index in [4.69, 9.17) is 5.11 Å². The molecule has 0 aliphatic heterocycles. The average Bonchev–Trinajstić information content (AvgIpc) is 3.09. The third-order valence-electron chi connectivity index (χ3n) is 3.29. The Balaban J connectivity index is 2.29. The molecule has 4 nitrogen and oxygen atoms in total. The zero-order valence-electron chi connectivity index (χ0n) is 10.9. The predicted molar refractivity (Wildman–Crippen MR) is 66.8 cm³/mol. The number of aromatic nitrogens is 1. The van der Waals surface area contributed by atoms with E-state index in [0.717, 1.165) is 12.5 Å². The van der Waals surface area contributed by atoms with Crippen molar-refractivity contribution >= 4 is 11.8 Å². The predicted octanol–water partition coefficient (Wildman–Crippen LogP) is 3.24. The minimum absolute atomic E-state index is 0.0153. The number of halogens is 3. The first-order valence-electron chi connectivity index (χ1n) is 6.36. The Bertz CT molecular complexity index is 525. The van der Waals surface area contributed by atoms with Gasteiger partial charge in [0.2, 0.25) is 0 Å². The molecule has 1 aromatic heterocycles. The van der Waals surface area contributed by atoms with E-state index in [0.29, 0.717) is 12.1 Å². The fourth-order valence-electron chi connectivity index (χ4n) is 2.01. The van der Waals surface area contributed by atoms with Crippen molar-refractivity contribution in [2.45, 2.75) is 44.3 Å². The molecule has 1 fully saturated rings. The minimum Gasteiger partial charge on any atom is -0.478 e. The number of carboxylic acid groups (broad SMARTS) is 1. The van der Waals surface area contributed by atoms with Crippen LogP contribution in [0.2, 0.25) is 0 Å². The van der Waals surface area contributed by atoms with Gasteiger partial charge >= 0.3 is 12.1 Å². The quantitative estimate of drug-likeness (QED) is 0.873. The van der Waals surface area contributed by atoms with Gasteiger partial charge in [0.15, 0.2) is 0 Å². The summed E-state index contributed by atoms with van der Waals surface area (Å²) in [5.41, 5.74) is -1.52. The second-order valence-electron chi connectivity index (χ2n) is 4.99. The third-order valence-corrected chi connectivity index (χ3v) is 3.29. The van der Waals surface area contributed by atoms with Gasteiger partial charge in [0.25, 0.3) is 0 Å². The minimum atomic E-state index is -4.36. The molecule has 110 valence electrons. The number of pyridine rings is 1. The Morgan fingerprint density at radius 1 is 1.45 bits per heavy atom. The van der Waals surface area contributed by atoms with Gasteiger partial charge in [0.05, 0.1) is 5.56 Å². The van der Waals surface area contributed by atoms with Crippen molar-refractivity contribution in [3.8, 4) is 0 Å². The van der Waals surface area contributed by atoms with Gasteiger partial charge in [-0.3, -0.25) is 0 Å². The molecule has 1 saturated carbocycles. The van der Waals surface area contributed by atoms with E-state index in [1.54, 1.807) is 0 Å². The van der Waals surface area contributed by atoms with Crippen LogP contribution in [0.15, 0.2) is 12.1 Å². The van der Waals surface area contributed by atoms with E-state index in [1.165, 1.54) is 6.07 Å². The van der Waals surface area contributed by atoms with Crippen molar-refractivity contribution in [2.75, 3.05) is 5.32 Å². The smallest absolute Gasteiger partial charge is 0.411 e. The maximum Gasteiger partial charge on any atom is 0.411 e. The van der Waals surface area contributed by atoms with E-state index in [9.17, 15) is 18.0 Å². The molecule has 0 saturated heterocycles. The van der Waals surface area contributed by atoms with Crippen molar-refractivity contribution < 1.29 is 23.1 Å². The van der Waals surface area contributed by atoms with Crippen LogP contribution in [-0.2, 0) is 6.42 Å². The molecule has 20 heavy (non-hydrogen) atoms. The molecule has 1 aliphatic carbocycles. The average molecular weight is 288 g/mol. The fourth-order valence-corrected chi connectivity index (χ4v) is 2.01. The van der Waals surface area contributed by atoms with Gasteiger partial charge in [0.1, 0.15) is 11.4 Å². The lowest BCUT2D eigenvalue weighted by molar-refractivity contribution is -0.151. The van der Waals surface area contributed by atoms with E-state index in [-0.39, 0.29) is 24.2 Å². The number of anilines is 1. The first-order chi connectivity index (χ1) is 9.27. The van der Waals surface area contributed by atoms with Crippen LogP contribution in [0.25, 0.3) is 0 Å². The normalized spacial score (nSPS) is 16.8. The van der Waals surface area contributed by atoms with E-state index < -0.39 is 17.7 Å². The molecular weight excluding hydrogens is 273 g/mol. The largest absolute Gasteiger partial charge is 0.478 e. The van der Waals surface area contributed by atoms with Gasteiger partial charge in [-0.25, -0.2) is 9.78 Å². The van der Waals surface area contributed by atoms with Crippen LogP contribution in [0.3, 0.4) is 0 Å². The number of carboxylic acids is 1. The number of aromatic carboxylic acids is 1. The lowest BCUT2D eigenvalue weighted by Crippen LogP contribution is -2.39. The van der Waals surface area contributed by atoms with Gasteiger partial charge < -0.3 is 10.4 Å². The van der Waals surface area contributed by atoms with Crippen LogP contribution < -0.4 is 5.32 Å². The van der Waals surface area contributed by atoms with Gasteiger partial charge in [0, 0.05) is 5.69 Å². The summed E-state index contributed by atoms with van der Waals surface area (Å²) in [6, 6.07) is 2.54. The molecule has 1 aliphatic rings. The lowest BCUT2D eigenvalue weighted by Gasteiger charge is -2.21. The third kappa shape index (κ3) is 2.86. The highest BCUT2D eigenvalue weighted by molar-refractivity contribution is 5.88. The van der Waals surface area contributed by atoms with E-state index in [2.05, 4.69) is 10.3 Å². The lowest BCUT2D eigenvalue weighted by atomic mass is 10.1. The number of nitrogens with zero attached hydrogens (tertiary/aromatic N) is 1. The summed E-state index contributed by atoms with van der Waals surface area (Å²) < 4.78 is 38.6. The van der Waals surface area contributed by atoms with Crippen molar-refractivity contribution in [3.63, 3.8) is 0 Å². The SMILES string of the molecule is CCCc1cc(C(=O)O)cc(NC2(C(F)(F)F)CC2)n1. The molecule has 0 aromatic carbocycles. The highest BCUT2D eigenvalue weighted by Crippen LogP contribution is 2.51. The summed E-state index contributed by atoms with van der Waals surface area (Å²) in [6.07, 6.45) is -3.13. The van der Waals surface area contributed by atoms with Crippen LogP contribution in [0.4, 0.5) is 19.0 Å². The summed E-state index contributed by atoms with van der Waals surface area (Å²) in [6.45, 7) is 1.89. The zero-order valence-corrected chi connectivity index (χ0v) is 10.9. The van der Waals surface area contributed by atoms with Gasteiger partial charge in [-0.05, 0) is 31.4 Å². The molecule has 0 atom stereocenters. The number of rotatable bonds is 5. The molecular formula is C13H15F3N2O2. The number of alkyl halides is 3. The second kappa shape index (κ2) is 4.96. The van der Waals surface area contributed by atoms with Gasteiger partial charge in [-0.15, -0.1) is 0 Å². The maximum atomic E-state index is 12.9. The molecule has 1 aromatic rings. The second-order valence-corrected chi connectivity index (χ2v) is 4.99. The number of aryl methyl sites for hydroxylation is 1. The molecule has 0 bridgehead atoms. The summed E-state index contributed by atoms with van der Waals surface area (Å²) in [5, 5.41) is 11.4. The molecule has 0 spiro atoms. The molecule has 0 unspecified atom stereocenters. The highest BCUT2D eigenvalue weighted by atomic mass is 19.4. The fraction of sp³-hybridized carbons (Fsp3) is 0.538. The van der Waals surface area contributed by atoms with Gasteiger partial charge in [-0.2, -0.15) is 13.2 Å². The van der Waals surface area contributed by atoms with Crippen molar-refractivity contribution in [1.29, 1.82) is 0 Å². The van der Waals surface area contributed by atoms with Crippen LogP contribution in [0.5, 0.6) is 0 Å². The van der Waals surface area contributed by atoms with E-state index >= 15 is 0 Å². The Hall–Kier alpha value is -1.79. The Labute approximate surface area is 114 Å². The number of carbonyl (C=O) groups is 1. The molecule has 0 radical (unpaired) electrons. The van der Waals surface area contributed by atoms with E-state index in [1.807, 2.05) is 6.92 Å². The van der Waals surface area contributed by atoms with Gasteiger partial charge in [-0.1, -0.05) is 13.3 Å². The van der Waals surface area contributed by atoms with Crippen molar-refractivity contribution in [3.05, 3.63) is 23.4 Å². The Kier molecular flexibility index (Phi) is 3.62. The van der Waals surface area contributed by atoms with Crippen LogP contribution in [-0.4, -0.2) is 27.8 Å². The zero-order chi connectivity index (χ0) is 15.0. The topological polar surface area (TPSA) is 62.2 Å². The molecule has 2 rings (SSSR count). The van der Waals surface area contributed by atoms with Crippen molar-refractivity contribution in [2.24, 2.45) is 0 Å². The number of nitrogens with one attached hydrogen (secondary N) is 1. The monoisotopic (exact) mass is 288 g/mol. The summed E-state index contributed by atoms with van der Waals surface area (Å²) in [7, 11) is 0. The summed E-state index contributed by atoms with van der Waals surface area (Å²) in [5.74, 6) is -1.20. The van der Waals surface area contributed by atoms with Crippen LogP contribution in [0.1, 0.15) is 42.2 Å². The van der Waals surface area contributed by atoms with Crippen LogP contribution in [0, 0.1) is 0 Å². The standard InChI is InChI=1S/C13H15F3N2O2/c1-2-3-9-6-8(11(19)20)7-10(17-9)18-12(4-5-12)13(14,15)16/h6-7H,2-5H2,1H3,(H,17,18)(H,19,20). The summed E-state index contributed by atoms with van der Waals surface area (Å²) in [4.78, 5) is 15.1. The molecule has 1 heterocycles. The van der Waals surface area contributed by atoms with Crippen molar-refractivity contribution in [1.82, 2.24) is 4.98 Å². The first kappa shape index (κ1) is 14.6. The molecule has 2 N–H and O–H groups in total. The number of hydrogen-bond donors (Lipinski definition) is 2. The number of hydrogen-bond acceptors (Lipinski definition) is 3. The van der Waals surface area contributed by atoms with Crippen LogP contribution >= 0.6 is 0 Å². The Morgan fingerprint density at radius 3 is 2.55 bits per heavy atom. The first-order valence-corrected chi connectivity index (χ1v) is 6.36. The molecule has 7 heteroatoms. The molecule has 0 amide bonds. The highest BCUT2D eigenvalue weighted by Gasteiger charge is 2.63. The summed E-state index contributed by atoms with van der Waals surface area (Å²) >= 11 is 0. The maximum absolute atomic E-state index is 12.9.